The standard InChI is InChI=1S/C20H28N4O2S/c1-4-16-5-9-18(10-6-16)24-20(21)22-14-17-7-11-19(12-8-17)27(25,26)23-13-15(2)3/h5-12,15,23H,4,13-14H2,1-3H3,(H3,21,22,24). The van der Waals surface area contributed by atoms with Gasteiger partial charge in [0.25, 0.3) is 0 Å². The number of nitrogens with zero attached hydrogens (tertiary/aromatic N) is 1. The fraction of sp³-hybridized carbons (Fsp3) is 0.350. The first kappa shape index (κ1) is 20.9. The number of hydrogen-bond acceptors (Lipinski definition) is 3. The molecule has 146 valence electrons. The van der Waals surface area contributed by atoms with Gasteiger partial charge in [0, 0.05) is 12.2 Å². The van der Waals surface area contributed by atoms with Gasteiger partial charge >= 0.3 is 0 Å². The van der Waals surface area contributed by atoms with Crippen molar-refractivity contribution in [2.24, 2.45) is 16.6 Å². The van der Waals surface area contributed by atoms with E-state index in [1.54, 1.807) is 24.3 Å². The Kier molecular flexibility index (Phi) is 7.38. The van der Waals surface area contributed by atoms with Gasteiger partial charge < -0.3 is 11.1 Å². The van der Waals surface area contributed by atoms with Crippen molar-refractivity contribution in [3.63, 3.8) is 0 Å². The van der Waals surface area contributed by atoms with Crippen LogP contribution < -0.4 is 15.8 Å². The number of guanidine groups is 1. The molecule has 7 heteroatoms. The number of aliphatic imine (C=N–C) groups is 1. The zero-order valence-corrected chi connectivity index (χ0v) is 16.9. The summed E-state index contributed by atoms with van der Waals surface area (Å²) in [7, 11) is -3.47. The van der Waals surface area contributed by atoms with Crippen molar-refractivity contribution in [1.29, 1.82) is 0 Å². The normalized spacial score (nSPS) is 12.4. The second-order valence-electron chi connectivity index (χ2n) is 6.77. The van der Waals surface area contributed by atoms with Gasteiger partial charge in [0.05, 0.1) is 11.4 Å². The minimum absolute atomic E-state index is 0.248. The molecule has 0 heterocycles. The van der Waals surface area contributed by atoms with E-state index < -0.39 is 10.0 Å². The summed E-state index contributed by atoms with van der Waals surface area (Å²) in [5.74, 6) is 0.566. The highest BCUT2D eigenvalue weighted by molar-refractivity contribution is 7.89. The highest BCUT2D eigenvalue weighted by Gasteiger charge is 2.13. The summed E-state index contributed by atoms with van der Waals surface area (Å²) in [5.41, 5.74) is 8.94. The van der Waals surface area contributed by atoms with Gasteiger partial charge in [0.2, 0.25) is 10.0 Å². The molecule has 2 rings (SSSR count). The van der Waals surface area contributed by atoms with Crippen molar-refractivity contribution in [2.75, 3.05) is 11.9 Å². The molecular weight excluding hydrogens is 360 g/mol. The minimum atomic E-state index is -3.47. The molecule has 27 heavy (non-hydrogen) atoms. The Morgan fingerprint density at radius 1 is 1.04 bits per heavy atom. The maximum Gasteiger partial charge on any atom is 0.240 e. The number of anilines is 1. The third-order valence-corrected chi connectivity index (χ3v) is 5.42. The van der Waals surface area contributed by atoms with Gasteiger partial charge in [-0.1, -0.05) is 45.0 Å². The molecule has 4 N–H and O–H groups in total. The third kappa shape index (κ3) is 6.69. The van der Waals surface area contributed by atoms with E-state index in [2.05, 4.69) is 22.0 Å². The molecule has 0 unspecified atom stereocenters. The van der Waals surface area contributed by atoms with E-state index in [1.165, 1.54) is 5.56 Å². The Labute approximate surface area is 162 Å². The zero-order chi connectivity index (χ0) is 19.9. The summed E-state index contributed by atoms with van der Waals surface area (Å²) in [5, 5.41) is 3.05. The molecule has 2 aromatic carbocycles. The van der Waals surface area contributed by atoms with E-state index in [-0.39, 0.29) is 10.8 Å². The van der Waals surface area contributed by atoms with Crippen molar-refractivity contribution in [3.8, 4) is 0 Å². The molecule has 6 nitrogen and oxygen atoms in total. The van der Waals surface area contributed by atoms with E-state index >= 15 is 0 Å². The van der Waals surface area contributed by atoms with E-state index in [9.17, 15) is 8.42 Å². The zero-order valence-electron chi connectivity index (χ0n) is 16.1. The van der Waals surface area contributed by atoms with Gasteiger partial charge in [-0.05, 0) is 47.7 Å². The molecule has 0 saturated heterocycles. The molecule has 0 aliphatic heterocycles. The highest BCUT2D eigenvalue weighted by atomic mass is 32.2. The molecule has 0 aromatic heterocycles. The lowest BCUT2D eigenvalue weighted by Gasteiger charge is -2.09. The average molecular weight is 389 g/mol. The molecule has 0 aliphatic carbocycles. The molecule has 0 atom stereocenters. The molecule has 0 fully saturated rings. The Morgan fingerprint density at radius 3 is 2.19 bits per heavy atom. The molecule has 0 bridgehead atoms. The van der Waals surface area contributed by atoms with Crippen LogP contribution >= 0.6 is 0 Å². The monoisotopic (exact) mass is 388 g/mol. The largest absolute Gasteiger partial charge is 0.370 e. The third-order valence-electron chi connectivity index (χ3n) is 3.98. The first-order valence-corrected chi connectivity index (χ1v) is 10.5. The first-order valence-electron chi connectivity index (χ1n) is 9.04. The van der Waals surface area contributed by atoms with Crippen LogP contribution in [0, 0.1) is 5.92 Å². The van der Waals surface area contributed by atoms with Gasteiger partial charge in [-0.15, -0.1) is 0 Å². The topological polar surface area (TPSA) is 96.6 Å². The fourth-order valence-electron chi connectivity index (χ4n) is 2.32. The summed E-state index contributed by atoms with van der Waals surface area (Å²) in [6.07, 6.45) is 0.989. The van der Waals surface area contributed by atoms with Crippen molar-refractivity contribution in [3.05, 3.63) is 59.7 Å². The number of hydrogen-bond donors (Lipinski definition) is 3. The highest BCUT2D eigenvalue weighted by Crippen LogP contribution is 2.12. The lowest BCUT2D eigenvalue weighted by molar-refractivity contribution is 0.560. The molecule has 0 aliphatic rings. The van der Waals surface area contributed by atoms with E-state index in [0.29, 0.717) is 19.0 Å². The predicted molar refractivity (Wildman–Crippen MR) is 111 cm³/mol. The number of nitrogens with two attached hydrogens (primary N) is 1. The number of aryl methyl sites for hydroxylation is 1. The second-order valence-corrected chi connectivity index (χ2v) is 8.53. The van der Waals surface area contributed by atoms with E-state index in [1.807, 2.05) is 38.1 Å². The smallest absolute Gasteiger partial charge is 0.240 e. The summed E-state index contributed by atoms with van der Waals surface area (Å²) in [4.78, 5) is 4.55. The lowest BCUT2D eigenvalue weighted by Crippen LogP contribution is -2.27. The molecular formula is C20H28N4O2S. The van der Waals surface area contributed by atoms with Crippen LogP contribution in [-0.4, -0.2) is 20.9 Å². The number of sulfonamides is 1. The molecule has 0 saturated carbocycles. The van der Waals surface area contributed by atoms with Crippen molar-refractivity contribution >= 4 is 21.7 Å². The number of benzene rings is 2. The molecule has 0 radical (unpaired) electrons. The van der Waals surface area contributed by atoms with Crippen LogP contribution in [0.2, 0.25) is 0 Å². The Balaban J connectivity index is 1.95. The Hall–Kier alpha value is -2.38. The van der Waals surface area contributed by atoms with Crippen molar-refractivity contribution < 1.29 is 8.42 Å². The predicted octanol–water partition coefficient (Wildman–Crippen LogP) is 3.11. The fourth-order valence-corrected chi connectivity index (χ4v) is 3.54. The van der Waals surface area contributed by atoms with E-state index in [4.69, 9.17) is 5.73 Å². The van der Waals surface area contributed by atoms with Gasteiger partial charge in [0.15, 0.2) is 5.96 Å². The molecule has 0 amide bonds. The van der Waals surface area contributed by atoms with Gasteiger partial charge in [-0.2, -0.15) is 0 Å². The SMILES string of the molecule is CCc1ccc(NC(N)=NCc2ccc(S(=O)(=O)NCC(C)C)cc2)cc1. The Morgan fingerprint density at radius 2 is 1.63 bits per heavy atom. The van der Waals surface area contributed by atoms with Crippen LogP contribution in [0.4, 0.5) is 5.69 Å². The number of rotatable bonds is 8. The average Bonchev–Trinajstić information content (AvgIpc) is 2.66. The minimum Gasteiger partial charge on any atom is -0.370 e. The van der Waals surface area contributed by atoms with Crippen molar-refractivity contribution in [2.45, 2.75) is 38.6 Å². The first-order chi connectivity index (χ1) is 12.8. The van der Waals surface area contributed by atoms with Crippen molar-refractivity contribution in [1.82, 2.24) is 4.72 Å². The van der Waals surface area contributed by atoms with Crippen LogP contribution in [0.25, 0.3) is 0 Å². The maximum atomic E-state index is 12.2. The second kappa shape index (κ2) is 9.53. The van der Waals surface area contributed by atoms with Crippen LogP contribution in [0.3, 0.4) is 0 Å². The molecule has 2 aromatic rings. The maximum absolute atomic E-state index is 12.2. The summed E-state index contributed by atoms with van der Waals surface area (Å²) in [6, 6.07) is 14.7. The van der Waals surface area contributed by atoms with Crippen LogP contribution in [0.15, 0.2) is 58.4 Å². The van der Waals surface area contributed by atoms with Gasteiger partial charge in [0.1, 0.15) is 0 Å². The van der Waals surface area contributed by atoms with Gasteiger partial charge in [-0.25, -0.2) is 18.1 Å². The number of nitrogens with one attached hydrogen (secondary N) is 2. The van der Waals surface area contributed by atoms with Crippen LogP contribution in [-0.2, 0) is 23.0 Å². The van der Waals surface area contributed by atoms with Gasteiger partial charge in [-0.3, -0.25) is 0 Å². The lowest BCUT2D eigenvalue weighted by atomic mass is 10.1. The van der Waals surface area contributed by atoms with Crippen LogP contribution in [0.1, 0.15) is 31.9 Å². The summed E-state index contributed by atoms with van der Waals surface area (Å²) in [6.45, 7) is 6.80. The molecule has 0 spiro atoms. The quantitative estimate of drug-likeness (QED) is 0.478. The summed E-state index contributed by atoms with van der Waals surface area (Å²) >= 11 is 0. The van der Waals surface area contributed by atoms with E-state index in [0.717, 1.165) is 17.7 Å². The Bertz CT molecular complexity index is 858. The summed E-state index contributed by atoms with van der Waals surface area (Å²) < 4.78 is 27.0. The van der Waals surface area contributed by atoms with Crippen LogP contribution in [0.5, 0.6) is 0 Å².